The largest absolute Gasteiger partial charge is 0.275 e. The molecule has 12 rings (SSSR count). The molecule has 0 saturated heterocycles. The van der Waals surface area contributed by atoms with Crippen molar-refractivity contribution in [1.82, 2.24) is 8.80 Å². The first-order chi connectivity index (χ1) is 24.9. The molecule has 4 aromatic heterocycles. The molecule has 0 fully saturated rings. The van der Waals surface area contributed by atoms with E-state index in [9.17, 15) is 9.59 Å². The van der Waals surface area contributed by atoms with Gasteiger partial charge in [-0.25, -0.2) is 0 Å². The summed E-state index contributed by atoms with van der Waals surface area (Å²) in [5.41, 5.74) is 10.8. The van der Waals surface area contributed by atoms with Crippen LogP contribution in [0, 0.1) is 0 Å². The Kier molecular flexibility index (Phi) is 4.81. The first-order valence-corrected chi connectivity index (χ1v) is 17.5. The Morgan fingerprint density at radius 3 is 1.49 bits per heavy atom. The predicted octanol–water partition coefficient (Wildman–Crippen LogP) is 10.7. The fourth-order valence-corrected chi connectivity index (χ4v) is 9.65. The van der Waals surface area contributed by atoms with Gasteiger partial charge in [0.15, 0.2) is 0 Å². The average Bonchev–Trinajstić information content (AvgIpc) is 3.76. The summed E-state index contributed by atoms with van der Waals surface area (Å²) in [7, 11) is 0. The van der Waals surface area contributed by atoms with Crippen molar-refractivity contribution in [1.29, 1.82) is 0 Å². The lowest BCUT2D eigenvalue weighted by molar-refractivity contribution is 0.661. The first-order valence-electron chi connectivity index (χ1n) is 17.5. The van der Waals surface area contributed by atoms with Gasteiger partial charge in [0.05, 0.1) is 22.1 Å². The van der Waals surface area contributed by atoms with E-state index in [4.69, 9.17) is 0 Å². The Morgan fingerprint density at radius 2 is 0.863 bits per heavy atom. The van der Waals surface area contributed by atoms with Gasteiger partial charge in [-0.3, -0.25) is 18.4 Å². The Bertz CT molecular complexity index is 3490. The van der Waals surface area contributed by atoms with Gasteiger partial charge in [0.25, 0.3) is 11.1 Å². The number of nitrogens with zero attached hydrogens (tertiary/aromatic N) is 2. The van der Waals surface area contributed by atoms with Gasteiger partial charge >= 0.3 is 0 Å². The van der Waals surface area contributed by atoms with Crippen LogP contribution in [0.2, 0.25) is 0 Å². The second-order valence-corrected chi connectivity index (χ2v) is 14.8. The molecular formula is C47H28N2O2. The molecule has 1 aliphatic carbocycles. The van der Waals surface area contributed by atoms with Crippen LogP contribution in [-0.2, 0) is 5.41 Å². The molecule has 11 aromatic rings. The van der Waals surface area contributed by atoms with Crippen molar-refractivity contribution < 1.29 is 0 Å². The molecule has 4 nitrogen and oxygen atoms in total. The maximum absolute atomic E-state index is 14.4. The molecule has 4 heterocycles. The minimum absolute atomic E-state index is 0.00858. The van der Waals surface area contributed by atoms with Crippen molar-refractivity contribution in [3.8, 4) is 22.3 Å². The van der Waals surface area contributed by atoms with Crippen molar-refractivity contribution in [3.63, 3.8) is 0 Å². The molecule has 0 radical (unpaired) electrons. The van der Waals surface area contributed by atoms with Crippen LogP contribution in [-0.4, -0.2) is 8.80 Å². The van der Waals surface area contributed by atoms with E-state index in [2.05, 4.69) is 92.7 Å². The molecule has 0 aliphatic heterocycles. The highest BCUT2D eigenvalue weighted by molar-refractivity contribution is 6.24. The zero-order chi connectivity index (χ0) is 33.9. The minimum atomic E-state index is -0.186. The maximum atomic E-state index is 14.4. The Hall–Kier alpha value is -6.52. The van der Waals surface area contributed by atoms with E-state index in [0.29, 0.717) is 10.8 Å². The van der Waals surface area contributed by atoms with E-state index < -0.39 is 0 Å². The average molecular weight is 653 g/mol. The molecule has 0 bridgehead atoms. The Balaban J connectivity index is 1.27. The standard InChI is InChI=1S/C47H28N2O2/c1-47(2)39-17-9-7-13-29(39)33-23-34-38-22-26(20-36-28-12-4-6-16-32(28)46(51)49(44(36)38)42(34)24-40(33)47)25-19-35-27-11-3-5-15-31(27)45(50)48-41-18-10-8-14-30(41)37(21-25)43(35)48/h3-24H,1-2H3. The van der Waals surface area contributed by atoms with Crippen LogP contribution in [0.15, 0.2) is 143 Å². The third-order valence-electron chi connectivity index (χ3n) is 12.0. The van der Waals surface area contributed by atoms with Gasteiger partial charge in [-0.05, 0) is 98.8 Å². The van der Waals surface area contributed by atoms with Crippen molar-refractivity contribution in [2.75, 3.05) is 0 Å². The topological polar surface area (TPSA) is 43.0 Å². The second-order valence-electron chi connectivity index (χ2n) is 14.8. The monoisotopic (exact) mass is 652 g/mol. The van der Waals surface area contributed by atoms with Crippen molar-refractivity contribution in [3.05, 3.63) is 165 Å². The quantitative estimate of drug-likeness (QED) is 0.166. The molecule has 0 atom stereocenters. The lowest BCUT2D eigenvalue weighted by atomic mass is 9.82. The van der Waals surface area contributed by atoms with Gasteiger partial charge in [0, 0.05) is 48.5 Å². The fourth-order valence-electron chi connectivity index (χ4n) is 9.65. The molecule has 0 amide bonds. The number of hydrogen-bond acceptors (Lipinski definition) is 2. The van der Waals surface area contributed by atoms with E-state index >= 15 is 0 Å². The van der Waals surface area contributed by atoms with E-state index in [1.54, 1.807) is 0 Å². The molecule has 0 N–H and O–H groups in total. The summed E-state index contributed by atoms with van der Waals surface area (Å²) in [6, 6.07) is 46.5. The van der Waals surface area contributed by atoms with Crippen LogP contribution in [0.3, 0.4) is 0 Å². The number of pyridine rings is 2. The second kappa shape index (κ2) is 8.98. The Morgan fingerprint density at radius 1 is 0.392 bits per heavy atom. The highest BCUT2D eigenvalue weighted by atomic mass is 16.1. The lowest BCUT2D eigenvalue weighted by Gasteiger charge is -2.21. The van der Waals surface area contributed by atoms with Gasteiger partial charge in [-0.2, -0.15) is 0 Å². The molecule has 0 spiro atoms. The molecule has 51 heavy (non-hydrogen) atoms. The summed E-state index contributed by atoms with van der Waals surface area (Å²) in [6.45, 7) is 4.57. The first kappa shape index (κ1) is 27.3. The molecular weight excluding hydrogens is 625 g/mol. The van der Waals surface area contributed by atoms with E-state index in [-0.39, 0.29) is 16.5 Å². The van der Waals surface area contributed by atoms with Gasteiger partial charge in [0.2, 0.25) is 0 Å². The Labute approximate surface area is 290 Å². The number of rotatable bonds is 1. The van der Waals surface area contributed by atoms with Crippen LogP contribution in [0.25, 0.3) is 98.2 Å². The van der Waals surface area contributed by atoms with E-state index in [1.807, 2.05) is 63.4 Å². The SMILES string of the molecule is CC1(C)c2ccccc2-c2cc3c4cc(-c5cc6c7ccccc7c(=O)n7c8ccccc8c(c5)c67)cc5c6ccccc6c(=O)n(c3cc21)c54. The fraction of sp³-hybridized carbons (Fsp3) is 0.0638. The van der Waals surface area contributed by atoms with Crippen molar-refractivity contribution in [2.45, 2.75) is 19.3 Å². The molecule has 238 valence electrons. The summed E-state index contributed by atoms with van der Waals surface area (Å²) >= 11 is 0. The van der Waals surface area contributed by atoms with E-state index in [0.717, 1.165) is 76.3 Å². The third kappa shape index (κ3) is 3.18. The normalized spacial score (nSPS) is 14.0. The number of benzene rings is 7. The number of aromatic nitrogens is 2. The number of para-hydroxylation sites is 1. The summed E-state index contributed by atoms with van der Waals surface area (Å²) in [4.78, 5) is 28.4. The molecule has 4 heteroatoms. The van der Waals surface area contributed by atoms with Crippen LogP contribution in [0.1, 0.15) is 25.0 Å². The number of hydrogen-bond donors (Lipinski definition) is 0. The van der Waals surface area contributed by atoms with Gasteiger partial charge in [-0.1, -0.05) is 92.7 Å². The van der Waals surface area contributed by atoms with E-state index in [1.165, 1.54) is 22.3 Å². The zero-order valence-electron chi connectivity index (χ0n) is 27.9. The van der Waals surface area contributed by atoms with Crippen LogP contribution < -0.4 is 11.1 Å². The maximum Gasteiger partial charge on any atom is 0.263 e. The smallest absolute Gasteiger partial charge is 0.263 e. The van der Waals surface area contributed by atoms with Gasteiger partial charge in [-0.15, -0.1) is 0 Å². The highest BCUT2D eigenvalue weighted by Crippen LogP contribution is 2.51. The summed E-state index contributed by atoms with van der Waals surface area (Å²) in [5, 5.41) is 9.71. The molecule has 0 saturated carbocycles. The molecule has 0 unspecified atom stereocenters. The van der Waals surface area contributed by atoms with Crippen LogP contribution >= 0.6 is 0 Å². The lowest BCUT2D eigenvalue weighted by Crippen LogP contribution is -2.16. The summed E-state index contributed by atoms with van der Waals surface area (Å²) in [6.07, 6.45) is 0. The highest BCUT2D eigenvalue weighted by Gasteiger charge is 2.36. The van der Waals surface area contributed by atoms with Crippen LogP contribution in [0.4, 0.5) is 0 Å². The zero-order valence-corrected chi connectivity index (χ0v) is 27.9. The molecule has 1 aliphatic rings. The third-order valence-corrected chi connectivity index (χ3v) is 12.0. The van der Waals surface area contributed by atoms with Crippen molar-refractivity contribution in [2.24, 2.45) is 0 Å². The summed E-state index contributed by atoms with van der Waals surface area (Å²) < 4.78 is 3.86. The predicted molar refractivity (Wildman–Crippen MR) is 211 cm³/mol. The van der Waals surface area contributed by atoms with Gasteiger partial charge < -0.3 is 0 Å². The van der Waals surface area contributed by atoms with Crippen LogP contribution in [0.5, 0.6) is 0 Å². The molecule has 7 aromatic carbocycles. The van der Waals surface area contributed by atoms with Crippen molar-refractivity contribution >= 4 is 75.9 Å². The summed E-state index contributed by atoms with van der Waals surface area (Å²) in [5.74, 6) is 0. The minimum Gasteiger partial charge on any atom is -0.275 e. The van der Waals surface area contributed by atoms with Gasteiger partial charge in [0.1, 0.15) is 0 Å². The number of fused-ring (bicyclic) bond motifs is 13.